The Morgan fingerprint density at radius 1 is 1.40 bits per heavy atom. The summed E-state index contributed by atoms with van der Waals surface area (Å²) in [7, 11) is 1.57. The highest BCUT2D eigenvalue weighted by molar-refractivity contribution is 9.11. The van der Waals surface area contributed by atoms with Gasteiger partial charge in [0.05, 0.1) is 22.6 Å². The number of nitrogens with one attached hydrogen (secondary N) is 1. The van der Waals surface area contributed by atoms with Crippen molar-refractivity contribution in [2.24, 2.45) is 0 Å². The van der Waals surface area contributed by atoms with Crippen molar-refractivity contribution >= 4 is 59.4 Å². The standard InChI is InChI=1S/C9H8Br3NO2/c1-15-8-3-7(13-9(14)4-10)5(11)2-6(8)12/h2-3H,4H2,1H3,(H,13,14). The first-order valence-electron chi connectivity index (χ1n) is 3.97. The normalized spacial score (nSPS) is 9.87. The first-order valence-corrected chi connectivity index (χ1v) is 6.68. The molecule has 0 radical (unpaired) electrons. The van der Waals surface area contributed by atoms with E-state index in [9.17, 15) is 4.79 Å². The van der Waals surface area contributed by atoms with Crippen LogP contribution in [-0.2, 0) is 4.79 Å². The molecule has 1 amide bonds. The molecule has 1 aromatic carbocycles. The van der Waals surface area contributed by atoms with E-state index in [1.807, 2.05) is 6.07 Å². The zero-order chi connectivity index (χ0) is 11.4. The van der Waals surface area contributed by atoms with Crippen LogP contribution in [0.25, 0.3) is 0 Å². The second-order valence-electron chi connectivity index (χ2n) is 2.65. The number of benzene rings is 1. The van der Waals surface area contributed by atoms with Gasteiger partial charge in [0, 0.05) is 10.5 Å². The largest absolute Gasteiger partial charge is 0.495 e. The fourth-order valence-corrected chi connectivity index (χ4v) is 2.36. The van der Waals surface area contributed by atoms with Crippen LogP contribution in [0.15, 0.2) is 21.1 Å². The maximum atomic E-state index is 11.2. The molecule has 0 saturated heterocycles. The molecule has 1 N–H and O–H groups in total. The Labute approximate surface area is 113 Å². The molecule has 0 aliphatic heterocycles. The summed E-state index contributed by atoms with van der Waals surface area (Å²) >= 11 is 9.78. The number of methoxy groups -OCH3 is 1. The lowest BCUT2D eigenvalue weighted by Crippen LogP contribution is -2.12. The van der Waals surface area contributed by atoms with Crippen LogP contribution in [0.3, 0.4) is 0 Å². The molecule has 0 atom stereocenters. The van der Waals surface area contributed by atoms with Crippen molar-refractivity contribution in [2.45, 2.75) is 0 Å². The maximum Gasteiger partial charge on any atom is 0.235 e. The van der Waals surface area contributed by atoms with E-state index in [4.69, 9.17) is 4.74 Å². The minimum absolute atomic E-state index is 0.111. The topological polar surface area (TPSA) is 38.3 Å². The van der Waals surface area contributed by atoms with Gasteiger partial charge in [-0.3, -0.25) is 4.79 Å². The number of carbonyl (C=O) groups is 1. The fourth-order valence-electron chi connectivity index (χ4n) is 0.965. The van der Waals surface area contributed by atoms with Gasteiger partial charge in [0.2, 0.25) is 5.91 Å². The summed E-state index contributed by atoms with van der Waals surface area (Å²) in [6.45, 7) is 0. The maximum absolute atomic E-state index is 11.2. The van der Waals surface area contributed by atoms with Gasteiger partial charge in [0.15, 0.2) is 0 Å². The van der Waals surface area contributed by atoms with E-state index in [1.165, 1.54) is 0 Å². The number of ether oxygens (including phenoxy) is 1. The molecule has 0 fully saturated rings. The quantitative estimate of drug-likeness (QED) is 0.786. The van der Waals surface area contributed by atoms with Crippen LogP contribution in [0.2, 0.25) is 0 Å². The molecule has 0 aliphatic rings. The number of hydrogen-bond donors (Lipinski definition) is 1. The highest BCUT2D eigenvalue weighted by Gasteiger charge is 2.09. The molecule has 6 heteroatoms. The third kappa shape index (κ3) is 3.46. The van der Waals surface area contributed by atoms with Gasteiger partial charge >= 0.3 is 0 Å². The van der Waals surface area contributed by atoms with Gasteiger partial charge in [-0.05, 0) is 37.9 Å². The zero-order valence-corrected chi connectivity index (χ0v) is 12.6. The summed E-state index contributed by atoms with van der Waals surface area (Å²) in [6, 6.07) is 3.57. The average Bonchev–Trinajstić information content (AvgIpc) is 2.21. The van der Waals surface area contributed by atoms with Crippen LogP contribution in [0.1, 0.15) is 0 Å². The highest BCUT2D eigenvalue weighted by atomic mass is 79.9. The van der Waals surface area contributed by atoms with Crippen molar-refractivity contribution in [3.63, 3.8) is 0 Å². The number of alkyl halides is 1. The number of hydrogen-bond acceptors (Lipinski definition) is 2. The van der Waals surface area contributed by atoms with E-state index in [-0.39, 0.29) is 11.2 Å². The van der Waals surface area contributed by atoms with Crippen molar-refractivity contribution in [2.75, 3.05) is 17.8 Å². The third-order valence-electron chi connectivity index (χ3n) is 1.64. The lowest BCUT2D eigenvalue weighted by atomic mass is 10.3. The highest BCUT2D eigenvalue weighted by Crippen LogP contribution is 2.34. The van der Waals surface area contributed by atoms with E-state index >= 15 is 0 Å². The third-order valence-corrected chi connectivity index (χ3v) is 3.42. The lowest BCUT2D eigenvalue weighted by Gasteiger charge is -2.10. The molecule has 0 aromatic heterocycles. The van der Waals surface area contributed by atoms with Crippen molar-refractivity contribution in [3.05, 3.63) is 21.1 Å². The van der Waals surface area contributed by atoms with Crippen LogP contribution in [0.4, 0.5) is 5.69 Å². The van der Waals surface area contributed by atoms with E-state index < -0.39 is 0 Å². The second-order valence-corrected chi connectivity index (χ2v) is 4.92. The molecule has 82 valence electrons. The average molecular weight is 402 g/mol. The van der Waals surface area contributed by atoms with Gasteiger partial charge in [-0.1, -0.05) is 15.9 Å². The Morgan fingerprint density at radius 3 is 2.60 bits per heavy atom. The van der Waals surface area contributed by atoms with Gasteiger partial charge in [-0.15, -0.1) is 0 Å². The summed E-state index contributed by atoms with van der Waals surface area (Å²) in [6.07, 6.45) is 0. The Morgan fingerprint density at radius 2 is 2.07 bits per heavy atom. The van der Waals surface area contributed by atoms with Gasteiger partial charge in [-0.2, -0.15) is 0 Å². The zero-order valence-electron chi connectivity index (χ0n) is 7.81. The predicted octanol–water partition coefficient (Wildman–Crippen LogP) is 3.55. The molecule has 0 spiro atoms. The molecule has 0 bridgehead atoms. The van der Waals surface area contributed by atoms with Crippen LogP contribution in [-0.4, -0.2) is 18.3 Å². The molecule has 0 unspecified atom stereocenters. The smallest absolute Gasteiger partial charge is 0.235 e. The Bertz CT molecular complexity index is 382. The molecule has 3 nitrogen and oxygen atoms in total. The summed E-state index contributed by atoms with van der Waals surface area (Å²) in [4.78, 5) is 11.2. The summed E-state index contributed by atoms with van der Waals surface area (Å²) in [5, 5.41) is 2.99. The minimum atomic E-state index is -0.111. The summed E-state index contributed by atoms with van der Waals surface area (Å²) in [5.41, 5.74) is 0.680. The van der Waals surface area contributed by atoms with E-state index in [1.54, 1.807) is 13.2 Å². The first kappa shape index (κ1) is 13.0. The number of rotatable bonds is 3. The number of carbonyl (C=O) groups excluding carboxylic acids is 1. The van der Waals surface area contributed by atoms with Crippen molar-refractivity contribution in [1.82, 2.24) is 0 Å². The Hall–Kier alpha value is -0.0700. The molecule has 0 heterocycles. The van der Waals surface area contributed by atoms with Crippen LogP contribution < -0.4 is 10.1 Å². The molecule has 0 saturated carbocycles. The minimum Gasteiger partial charge on any atom is -0.495 e. The lowest BCUT2D eigenvalue weighted by molar-refractivity contribution is -0.113. The monoisotopic (exact) mass is 399 g/mol. The van der Waals surface area contributed by atoms with E-state index in [0.29, 0.717) is 11.4 Å². The second kappa shape index (κ2) is 5.86. The Kier molecular flexibility index (Phi) is 5.08. The van der Waals surface area contributed by atoms with Gasteiger partial charge in [0.1, 0.15) is 5.75 Å². The first-order chi connectivity index (χ1) is 7.08. The molecular weight excluding hydrogens is 394 g/mol. The van der Waals surface area contributed by atoms with Gasteiger partial charge in [0.25, 0.3) is 0 Å². The number of amides is 1. The molecular formula is C9H8Br3NO2. The SMILES string of the molecule is COc1cc(NC(=O)CBr)c(Br)cc1Br. The predicted molar refractivity (Wildman–Crippen MR) is 70.8 cm³/mol. The molecule has 0 aliphatic carbocycles. The molecule has 1 aromatic rings. The van der Waals surface area contributed by atoms with Crippen molar-refractivity contribution in [1.29, 1.82) is 0 Å². The number of halogens is 3. The van der Waals surface area contributed by atoms with Crippen molar-refractivity contribution < 1.29 is 9.53 Å². The van der Waals surface area contributed by atoms with Crippen LogP contribution in [0.5, 0.6) is 5.75 Å². The van der Waals surface area contributed by atoms with Gasteiger partial charge < -0.3 is 10.1 Å². The summed E-state index contributed by atoms with van der Waals surface area (Å²) < 4.78 is 6.75. The summed E-state index contributed by atoms with van der Waals surface area (Å²) in [5.74, 6) is 0.558. The van der Waals surface area contributed by atoms with Crippen LogP contribution in [0, 0.1) is 0 Å². The molecule has 15 heavy (non-hydrogen) atoms. The van der Waals surface area contributed by atoms with E-state index in [0.717, 1.165) is 8.95 Å². The fraction of sp³-hybridized carbons (Fsp3) is 0.222. The van der Waals surface area contributed by atoms with Crippen LogP contribution >= 0.6 is 47.8 Å². The van der Waals surface area contributed by atoms with Crippen molar-refractivity contribution in [3.8, 4) is 5.75 Å². The number of anilines is 1. The van der Waals surface area contributed by atoms with E-state index in [2.05, 4.69) is 53.1 Å². The Balaban J connectivity index is 3.02. The molecule has 1 rings (SSSR count). The van der Waals surface area contributed by atoms with Gasteiger partial charge in [-0.25, -0.2) is 0 Å².